The van der Waals surface area contributed by atoms with Crippen molar-refractivity contribution in [3.8, 4) is 0 Å². The number of carbonyl (C=O) groups is 3. The molecule has 0 spiro atoms. The minimum Gasteiger partial charge on any atom is -0.548 e. The van der Waals surface area contributed by atoms with E-state index in [1.807, 2.05) is 0 Å². The molecule has 0 N–H and O–H groups in total. The van der Waals surface area contributed by atoms with Crippen molar-refractivity contribution < 1.29 is 19.5 Å². The minimum absolute atomic E-state index is 0.206. The summed E-state index contributed by atoms with van der Waals surface area (Å²) in [6, 6.07) is 3.33. The molecule has 0 bridgehead atoms. The number of fused-ring (bicyclic) bond motifs is 1. The molecule has 88 valence electrons. The number of hydrogen-bond acceptors (Lipinski definition) is 4. The van der Waals surface area contributed by atoms with E-state index in [2.05, 4.69) is 15.9 Å². The van der Waals surface area contributed by atoms with E-state index in [4.69, 9.17) is 0 Å². The van der Waals surface area contributed by atoms with Gasteiger partial charge in [0.15, 0.2) is 0 Å². The standard InChI is InChI=1S/C11H8BrNO4/c1-5(11(16)17)13-9(14)7-3-2-6(12)4-8(7)10(13)15/h2-5H,1H3,(H,16,17)/p-1/t5-/m1/s1. The van der Waals surface area contributed by atoms with Crippen LogP contribution in [0, 0.1) is 0 Å². The lowest BCUT2D eigenvalue weighted by molar-refractivity contribution is -0.309. The normalized spacial score (nSPS) is 16.0. The van der Waals surface area contributed by atoms with Crippen LogP contribution in [0.1, 0.15) is 27.6 Å². The molecule has 6 heteroatoms. The van der Waals surface area contributed by atoms with Gasteiger partial charge in [0.25, 0.3) is 11.8 Å². The van der Waals surface area contributed by atoms with Gasteiger partial charge in [0, 0.05) is 4.47 Å². The number of amides is 2. The van der Waals surface area contributed by atoms with Gasteiger partial charge < -0.3 is 9.90 Å². The van der Waals surface area contributed by atoms with Crippen molar-refractivity contribution in [2.24, 2.45) is 0 Å². The highest BCUT2D eigenvalue weighted by Crippen LogP contribution is 2.27. The molecule has 0 radical (unpaired) electrons. The maximum atomic E-state index is 11.9. The van der Waals surface area contributed by atoms with Gasteiger partial charge in [0.05, 0.1) is 23.1 Å². The SMILES string of the molecule is C[C@H](C(=O)[O-])N1C(=O)c2ccc(Br)cc2C1=O. The van der Waals surface area contributed by atoms with Crippen LogP contribution in [-0.4, -0.2) is 28.7 Å². The van der Waals surface area contributed by atoms with E-state index in [0.29, 0.717) is 9.37 Å². The van der Waals surface area contributed by atoms with Crippen molar-refractivity contribution in [1.82, 2.24) is 4.90 Å². The third-order valence-corrected chi connectivity index (χ3v) is 3.10. The Morgan fingerprint density at radius 2 is 1.88 bits per heavy atom. The number of hydrogen-bond donors (Lipinski definition) is 0. The van der Waals surface area contributed by atoms with Crippen LogP contribution in [0.2, 0.25) is 0 Å². The van der Waals surface area contributed by atoms with Gasteiger partial charge >= 0.3 is 0 Å². The summed E-state index contributed by atoms with van der Waals surface area (Å²) in [5, 5.41) is 10.7. The van der Waals surface area contributed by atoms with Crippen LogP contribution in [0.5, 0.6) is 0 Å². The van der Waals surface area contributed by atoms with Crippen LogP contribution in [0.4, 0.5) is 0 Å². The topological polar surface area (TPSA) is 77.5 Å². The van der Waals surface area contributed by atoms with Gasteiger partial charge in [-0.15, -0.1) is 0 Å². The number of rotatable bonds is 2. The number of carboxylic acids is 1. The second kappa shape index (κ2) is 3.96. The number of imide groups is 1. The average Bonchev–Trinajstić information content (AvgIpc) is 2.50. The Bertz CT molecular complexity index is 540. The Hall–Kier alpha value is -1.69. The molecule has 17 heavy (non-hydrogen) atoms. The fraction of sp³-hybridized carbons (Fsp3) is 0.182. The summed E-state index contributed by atoms with van der Waals surface area (Å²) in [5.74, 6) is -2.67. The molecule has 1 aliphatic rings. The highest BCUT2D eigenvalue weighted by molar-refractivity contribution is 9.10. The second-order valence-corrected chi connectivity index (χ2v) is 4.58. The zero-order chi connectivity index (χ0) is 12.7. The molecular formula is C11H7BrNO4-. The van der Waals surface area contributed by atoms with Gasteiger partial charge in [-0.05, 0) is 25.1 Å². The lowest BCUT2D eigenvalue weighted by Crippen LogP contribution is -2.48. The summed E-state index contributed by atoms with van der Waals surface area (Å²) >= 11 is 3.19. The second-order valence-electron chi connectivity index (χ2n) is 3.67. The molecule has 1 aromatic carbocycles. The van der Waals surface area contributed by atoms with Gasteiger partial charge in [0.2, 0.25) is 0 Å². The lowest BCUT2D eigenvalue weighted by atomic mass is 10.1. The molecular weight excluding hydrogens is 290 g/mol. The highest BCUT2D eigenvalue weighted by Gasteiger charge is 2.38. The molecule has 1 aromatic rings. The maximum absolute atomic E-state index is 11.9. The van der Waals surface area contributed by atoms with Crippen molar-refractivity contribution in [3.05, 3.63) is 33.8 Å². The molecule has 1 atom stereocenters. The first-order valence-corrected chi connectivity index (χ1v) is 5.61. The first kappa shape index (κ1) is 11.8. The summed E-state index contributed by atoms with van der Waals surface area (Å²) < 4.78 is 0.653. The molecule has 2 rings (SSSR count). The predicted molar refractivity (Wildman–Crippen MR) is 59.1 cm³/mol. The molecule has 0 saturated carbocycles. The molecule has 0 aliphatic carbocycles. The van der Waals surface area contributed by atoms with Crippen molar-refractivity contribution in [2.45, 2.75) is 13.0 Å². The van der Waals surface area contributed by atoms with Gasteiger partial charge in [-0.2, -0.15) is 0 Å². The van der Waals surface area contributed by atoms with Crippen LogP contribution in [0.3, 0.4) is 0 Å². The first-order valence-electron chi connectivity index (χ1n) is 4.81. The Balaban J connectivity index is 2.49. The van der Waals surface area contributed by atoms with Gasteiger partial charge in [-0.1, -0.05) is 15.9 Å². The Morgan fingerprint density at radius 3 is 2.47 bits per heavy atom. The maximum Gasteiger partial charge on any atom is 0.262 e. The summed E-state index contributed by atoms with van der Waals surface area (Å²) in [4.78, 5) is 35.2. The van der Waals surface area contributed by atoms with Crippen LogP contribution >= 0.6 is 15.9 Å². The van der Waals surface area contributed by atoms with E-state index >= 15 is 0 Å². The Kier molecular flexibility index (Phi) is 2.74. The summed E-state index contributed by atoms with van der Waals surface area (Å²) in [7, 11) is 0. The molecule has 0 saturated heterocycles. The summed E-state index contributed by atoms with van der Waals surface area (Å²) in [6.07, 6.45) is 0. The third-order valence-electron chi connectivity index (χ3n) is 2.61. The van der Waals surface area contributed by atoms with Gasteiger partial charge in [-0.3, -0.25) is 14.5 Å². The number of nitrogens with zero attached hydrogens (tertiary/aromatic N) is 1. The fourth-order valence-electron chi connectivity index (χ4n) is 1.69. The van der Waals surface area contributed by atoms with E-state index < -0.39 is 23.8 Å². The Morgan fingerprint density at radius 1 is 1.29 bits per heavy atom. The van der Waals surface area contributed by atoms with Crippen molar-refractivity contribution in [1.29, 1.82) is 0 Å². The van der Waals surface area contributed by atoms with Crippen molar-refractivity contribution in [3.63, 3.8) is 0 Å². The highest BCUT2D eigenvalue weighted by atomic mass is 79.9. The molecule has 5 nitrogen and oxygen atoms in total. The van der Waals surface area contributed by atoms with E-state index in [1.165, 1.54) is 19.1 Å². The minimum atomic E-state index is -1.46. The first-order chi connectivity index (χ1) is 7.93. The van der Waals surface area contributed by atoms with Gasteiger partial charge in [0.1, 0.15) is 0 Å². The van der Waals surface area contributed by atoms with Crippen LogP contribution in [0.15, 0.2) is 22.7 Å². The average molecular weight is 297 g/mol. The molecule has 1 heterocycles. The summed E-state index contributed by atoms with van der Waals surface area (Å²) in [5.41, 5.74) is 0.420. The third kappa shape index (κ3) is 1.74. The number of carboxylic acid groups (broad SMARTS) is 1. The van der Waals surface area contributed by atoms with E-state index in [-0.39, 0.29) is 11.1 Å². The van der Waals surface area contributed by atoms with E-state index in [1.54, 1.807) is 6.07 Å². The largest absolute Gasteiger partial charge is 0.548 e. The van der Waals surface area contributed by atoms with Crippen LogP contribution < -0.4 is 5.11 Å². The zero-order valence-corrected chi connectivity index (χ0v) is 10.4. The monoisotopic (exact) mass is 296 g/mol. The molecule has 2 amide bonds. The zero-order valence-electron chi connectivity index (χ0n) is 8.77. The molecule has 0 aromatic heterocycles. The van der Waals surface area contributed by atoms with Crippen molar-refractivity contribution >= 4 is 33.7 Å². The van der Waals surface area contributed by atoms with Crippen LogP contribution in [0.25, 0.3) is 0 Å². The predicted octanol–water partition coefficient (Wildman–Crippen LogP) is 0.183. The molecule has 0 unspecified atom stereocenters. The smallest absolute Gasteiger partial charge is 0.262 e. The van der Waals surface area contributed by atoms with E-state index in [9.17, 15) is 19.5 Å². The van der Waals surface area contributed by atoms with Gasteiger partial charge in [-0.25, -0.2) is 0 Å². The number of carbonyl (C=O) groups excluding carboxylic acids is 3. The summed E-state index contributed by atoms with van der Waals surface area (Å²) in [6.45, 7) is 1.24. The lowest BCUT2D eigenvalue weighted by Gasteiger charge is -2.22. The number of halogens is 1. The van der Waals surface area contributed by atoms with E-state index in [0.717, 1.165) is 0 Å². The fourth-order valence-corrected chi connectivity index (χ4v) is 2.05. The molecule has 1 aliphatic heterocycles. The number of benzene rings is 1. The van der Waals surface area contributed by atoms with Crippen LogP contribution in [-0.2, 0) is 4.79 Å². The quantitative estimate of drug-likeness (QED) is 0.730. The van der Waals surface area contributed by atoms with Crippen molar-refractivity contribution in [2.75, 3.05) is 0 Å². The Labute approximate surface area is 105 Å². The number of aliphatic carboxylic acids is 1. The molecule has 0 fully saturated rings.